The second-order valence-corrected chi connectivity index (χ2v) is 50.7. The van der Waals surface area contributed by atoms with Crippen LogP contribution in [0.15, 0.2) is 55.8 Å². The van der Waals surface area contributed by atoms with E-state index in [4.69, 9.17) is 44.2 Å². The highest BCUT2D eigenvalue weighted by molar-refractivity contribution is 7.86. The zero-order valence-electron chi connectivity index (χ0n) is 86.5. The summed E-state index contributed by atoms with van der Waals surface area (Å²) in [6.07, 6.45) is 20.3. The first kappa shape index (κ1) is 107. The van der Waals surface area contributed by atoms with E-state index in [0.29, 0.717) is 117 Å². The number of aliphatic hydroxyl groups excluding tert-OH is 1. The number of carbonyl (C=O) groups is 7. The lowest BCUT2D eigenvalue weighted by Gasteiger charge is -2.30. The molecule has 0 bridgehead atoms. The maximum absolute atomic E-state index is 12.5. The molecule has 6 aromatic rings. The largest absolute Gasteiger partial charge is 0.444 e. The highest BCUT2D eigenvalue weighted by Crippen LogP contribution is 2.56. The number of aromatic nitrogens is 9. The van der Waals surface area contributed by atoms with Gasteiger partial charge in [0, 0.05) is 142 Å². The molecule has 12 fully saturated rings. The zero-order valence-corrected chi connectivity index (χ0v) is 88.1. The van der Waals surface area contributed by atoms with Gasteiger partial charge in [0.05, 0.1) is 34.6 Å². The number of nitrogens with one attached hydrogen (secondary N) is 4. The second kappa shape index (κ2) is 40.1. The first-order chi connectivity index (χ1) is 63.2. The van der Waals surface area contributed by atoms with Crippen LogP contribution in [0.3, 0.4) is 0 Å². The van der Waals surface area contributed by atoms with E-state index in [1.807, 2.05) is 177 Å². The predicted octanol–water partition coefficient (Wildman–Crippen LogP) is 16.9. The molecule has 137 heavy (non-hydrogen) atoms. The minimum absolute atomic E-state index is 0.0199. The van der Waals surface area contributed by atoms with Gasteiger partial charge in [-0.25, -0.2) is 58.7 Å². The Hall–Kier alpha value is -9.13. The van der Waals surface area contributed by atoms with Crippen molar-refractivity contribution in [2.24, 2.45) is 68.0 Å². The standard InChI is InChI=1S/2C20H29N5O2.C14H26N2O2.C14H25NO5S.C13H23NO3.C13H21NO3.C6H4ClN3/c2*1-19(2,3)27-18(26)25-10-13-8-14(9-20(13,4)11-25)24(5)17-15-6-7-21-16(15)22-12-23-17;1-13(2,3)18-12(17)16-8-10-6-11(15-5)7-14(10,4)9-16;1-13(2,3)19-12(16)15-8-10-6-11(20-21(5,17)18)7-14(10,4)9-15;2*1-12(2,3)17-11(16)14-7-9-5-10(15)6-13(9,4)8-14;7-5-4-1-2-8-6(4)10-3-9-5/h2*6-7,12-14H,8-11H2,1-5H3,(H,21,22,23);10-11,15H,6-9H2,1-5H3;10-11H,6-9H2,1-5H3;9-10,15H,5-8H2,1-4H3;9H,5-8H2,1-4H3;1-3H,(H,8,9,10)/t2*13-,14+,20+;10-,11+,14+;10-,11-,14+;9-,10-,13+;9-,13+;/m111111./s1. The van der Waals surface area contributed by atoms with Gasteiger partial charge in [0.15, 0.2) is 0 Å². The second-order valence-electron chi connectivity index (χ2n) is 48.8. The minimum atomic E-state index is -3.42. The fourth-order valence-electron chi connectivity index (χ4n) is 23.1. The minimum Gasteiger partial charge on any atom is -0.444 e. The lowest BCUT2D eigenvalue weighted by atomic mass is 9.83. The van der Waals surface area contributed by atoms with Crippen LogP contribution < -0.4 is 15.1 Å². The number of ketones is 1. The molecule has 35 nitrogen and oxygen atoms in total. The number of anilines is 2. The summed E-state index contributed by atoms with van der Waals surface area (Å²) >= 11 is 5.73. The summed E-state index contributed by atoms with van der Waals surface area (Å²) in [5.41, 5.74) is 0.309. The quantitative estimate of drug-likeness (QED) is 0.0563. The fraction of sp³-hybridized carbons (Fsp3) is 0.750. The number of rotatable bonds is 7. The first-order valence-corrected chi connectivity index (χ1v) is 51.0. The van der Waals surface area contributed by atoms with Gasteiger partial charge in [0.1, 0.15) is 92.1 Å². The topological polar surface area (TPSA) is 401 Å². The van der Waals surface area contributed by atoms with Gasteiger partial charge in [0.2, 0.25) is 0 Å². The van der Waals surface area contributed by atoms with Crippen molar-refractivity contribution in [1.29, 1.82) is 0 Å². The number of aliphatic hydroxyl groups is 1. The number of halogens is 1. The predicted molar refractivity (Wildman–Crippen MR) is 526 cm³/mol. The van der Waals surface area contributed by atoms with Crippen molar-refractivity contribution >= 4 is 109 Å². The van der Waals surface area contributed by atoms with Crippen LogP contribution in [0.2, 0.25) is 5.15 Å². The summed E-state index contributed by atoms with van der Waals surface area (Å²) in [4.78, 5) is 135. The summed E-state index contributed by atoms with van der Waals surface area (Å²) in [5, 5.41) is 16.5. The van der Waals surface area contributed by atoms with Gasteiger partial charge in [-0.2, -0.15) is 8.42 Å². The third-order valence-electron chi connectivity index (χ3n) is 29.6. The molecule has 18 rings (SSSR count). The van der Waals surface area contributed by atoms with Crippen molar-refractivity contribution in [3.63, 3.8) is 0 Å². The van der Waals surface area contributed by atoms with E-state index in [1.165, 1.54) is 12.7 Å². The normalized spacial score (nSPS) is 30.2. The molecule has 0 unspecified atom stereocenters. The summed E-state index contributed by atoms with van der Waals surface area (Å²) in [6, 6.07) is 7.34. The number of H-pyrrole nitrogens is 3. The molecule has 5 N–H and O–H groups in total. The highest BCUT2D eigenvalue weighted by Gasteiger charge is 2.58. The summed E-state index contributed by atoms with van der Waals surface area (Å²) < 4.78 is 60.3. The van der Waals surface area contributed by atoms with Crippen molar-refractivity contribution in [2.45, 2.75) is 307 Å². The first-order valence-electron chi connectivity index (χ1n) is 48.8. The lowest BCUT2D eigenvalue weighted by molar-refractivity contribution is -0.118. The van der Waals surface area contributed by atoms with Crippen molar-refractivity contribution in [3.8, 4) is 0 Å². The third-order valence-corrected chi connectivity index (χ3v) is 30.5. The molecule has 6 saturated carbocycles. The number of Topliss-reactive ketones (excluding diaryl/α,β-unsaturated/α-hetero) is 1. The van der Waals surface area contributed by atoms with Crippen molar-refractivity contribution < 1.29 is 79.7 Å². The molecule has 6 saturated heterocycles. The summed E-state index contributed by atoms with van der Waals surface area (Å²) in [6.45, 7) is 56.0. The Kier molecular flexibility index (Phi) is 31.2. The summed E-state index contributed by atoms with van der Waals surface area (Å²) in [7, 11) is 2.85. The van der Waals surface area contributed by atoms with E-state index in [9.17, 15) is 47.1 Å². The molecule has 0 aromatic carbocycles. The van der Waals surface area contributed by atoms with Gasteiger partial charge in [-0.3, -0.25) is 8.98 Å². The maximum Gasteiger partial charge on any atom is 0.410 e. The van der Waals surface area contributed by atoms with Crippen LogP contribution in [0.25, 0.3) is 33.1 Å². The van der Waals surface area contributed by atoms with E-state index in [-0.39, 0.29) is 87.2 Å². The molecule has 6 aliphatic heterocycles. The van der Waals surface area contributed by atoms with Crippen LogP contribution >= 0.6 is 11.6 Å². The Morgan fingerprint density at radius 1 is 0.423 bits per heavy atom. The molecule has 0 spiro atoms. The van der Waals surface area contributed by atoms with E-state index in [0.717, 1.165) is 142 Å². The molecule has 0 radical (unpaired) electrons. The van der Waals surface area contributed by atoms with Gasteiger partial charge < -0.3 is 93.0 Å². The number of ether oxygens (including phenoxy) is 6. The molecule has 762 valence electrons. The smallest absolute Gasteiger partial charge is 0.410 e. The van der Waals surface area contributed by atoms with Crippen LogP contribution in [0.4, 0.5) is 40.4 Å². The fourth-order valence-corrected chi connectivity index (χ4v) is 23.9. The Balaban J connectivity index is 0.000000146. The molecule has 6 amide bonds. The molecule has 37 heteroatoms. The number of hydrogen-bond acceptors (Lipinski definition) is 26. The van der Waals surface area contributed by atoms with E-state index < -0.39 is 43.7 Å². The highest BCUT2D eigenvalue weighted by atomic mass is 35.5. The third kappa shape index (κ3) is 26.8. The van der Waals surface area contributed by atoms with E-state index in [1.54, 1.807) is 33.6 Å². The van der Waals surface area contributed by atoms with Gasteiger partial charge >= 0.3 is 36.6 Å². The van der Waals surface area contributed by atoms with Gasteiger partial charge in [-0.05, 0) is 282 Å². The number of nitrogens with zero attached hydrogens (tertiary/aromatic N) is 14. The monoisotopic (exact) mass is 1950 g/mol. The van der Waals surface area contributed by atoms with Gasteiger partial charge in [-0.15, -0.1) is 0 Å². The van der Waals surface area contributed by atoms with Crippen LogP contribution in [-0.2, 0) is 47.5 Å². The lowest BCUT2D eigenvalue weighted by Crippen LogP contribution is -2.38. The van der Waals surface area contributed by atoms with Crippen LogP contribution in [0.5, 0.6) is 0 Å². The Morgan fingerprint density at radius 2 is 0.723 bits per heavy atom. The zero-order chi connectivity index (χ0) is 101. The molecule has 6 aromatic heterocycles. The molecular weight excluding hydrogens is 1790 g/mol. The number of likely N-dealkylation sites (tertiary alicyclic amines) is 6. The SMILES string of the molecule is CC(C)(C)OC(=O)N1C[C@H]2CC(=O)C[C@@]2(C)C1.CC(C)(C)OC(=O)N1C[C@H]2C[C@@H](O)C[C@@]2(C)C1.CC(C)(C)OC(=O)N1C[C@H]2C[C@@H](OS(C)(=O)=O)C[C@@]2(C)C1.CN(c1ncnc2[nH]ccc12)[C@H]1C[C@@H]2CN(C(=O)OC(C)(C)C)C[C@]2(C)C1.CN(c1ncnc2[nH]ccc12)[C@H]1C[C@@H]2CN(C(=O)OC(C)(C)C)C[C@]2(C)C1.CN[C@H]1C[C@@H]2CN(C(=O)OC(C)(C)C)C[C@]2(C)C1.Clc1ncnc2[nH]ccc12. The van der Waals surface area contributed by atoms with Crippen molar-refractivity contribution in [3.05, 3.63) is 60.9 Å². The molecule has 12 aliphatic rings. The number of carbonyl (C=O) groups excluding carboxylic acids is 7. The Bertz CT molecular complexity index is 5260. The number of amides is 6. The van der Waals surface area contributed by atoms with Gasteiger partial charge in [0.25, 0.3) is 10.1 Å². The molecule has 6 aliphatic carbocycles. The number of hydrogen-bond donors (Lipinski definition) is 5. The molecule has 17 atom stereocenters. The van der Waals surface area contributed by atoms with Crippen LogP contribution in [0.1, 0.15) is 243 Å². The Morgan fingerprint density at radius 3 is 1.04 bits per heavy atom. The van der Waals surface area contributed by atoms with Crippen molar-refractivity contribution in [2.75, 3.05) is 116 Å². The van der Waals surface area contributed by atoms with Crippen LogP contribution in [0, 0.1) is 68.0 Å². The van der Waals surface area contributed by atoms with E-state index >= 15 is 0 Å². The van der Waals surface area contributed by atoms with Crippen LogP contribution in [-0.4, -0.2) is 300 Å². The maximum atomic E-state index is 12.5. The van der Waals surface area contributed by atoms with E-state index in [2.05, 4.69) is 116 Å². The molecular formula is C100H157ClN18O17S. The average molecular weight is 1950 g/mol. The van der Waals surface area contributed by atoms with Gasteiger partial charge in [-0.1, -0.05) is 53.1 Å². The van der Waals surface area contributed by atoms with Crippen molar-refractivity contribution in [1.82, 2.24) is 79.6 Å². The Labute approximate surface area is 815 Å². The molecule has 12 heterocycles. The number of fused-ring (bicyclic) bond motifs is 9. The average Bonchev–Trinajstić information content (AvgIpc) is 1.59. The summed E-state index contributed by atoms with van der Waals surface area (Å²) in [5.74, 6) is 4.87. The number of aromatic amines is 3.